The fraction of sp³-hybridized carbons (Fsp3) is 0.647. The molecule has 2 N–H and O–H groups in total. The minimum atomic E-state index is 0.0803. The van der Waals surface area contributed by atoms with Gasteiger partial charge in [0.15, 0.2) is 0 Å². The summed E-state index contributed by atoms with van der Waals surface area (Å²) in [5.41, 5.74) is 9.32. The molecule has 2 unspecified atom stereocenters. The Labute approximate surface area is 123 Å². The summed E-state index contributed by atoms with van der Waals surface area (Å²) in [6.45, 7) is 9.99. The molecule has 0 bridgehead atoms. The van der Waals surface area contributed by atoms with Gasteiger partial charge >= 0.3 is 0 Å². The van der Waals surface area contributed by atoms with E-state index in [1.807, 2.05) is 0 Å². The summed E-state index contributed by atoms with van der Waals surface area (Å²) in [5.74, 6) is 0. The second-order valence-electron chi connectivity index (χ2n) is 7.21. The third-order valence-corrected chi connectivity index (χ3v) is 4.48. The molecule has 3 heteroatoms. The molecule has 1 aromatic carbocycles. The van der Waals surface area contributed by atoms with E-state index in [2.05, 4.69) is 68.9 Å². The lowest BCUT2D eigenvalue weighted by Gasteiger charge is -2.40. The van der Waals surface area contributed by atoms with Gasteiger partial charge in [0, 0.05) is 31.7 Å². The molecule has 2 rings (SSSR count). The maximum absolute atomic E-state index is 6.51. The van der Waals surface area contributed by atoms with Crippen LogP contribution in [0.25, 0.3) is 0 Å². The van der Waals surface area contributed by atoms with Crippen molar-refractivity contribution >= 4 is 0 Å². The van der Waals surface area contributed by atoms with Gasteiger partial charge in [0.25, 0.3) is 0 Å². The second kappa shape index (κ2) is 5.84. The molecule has 1 aliphatic rings. The Morgan fingerprint density at radius 2 is 1.70 bits per heavy atom. The Morgan fingerprint density at radius 1 is 1.10 bits per heavy atom. The number of nitrogens with two attached hydrogens (primary N) is 1. The van der Waals surface area contributed by atoms with Crippen LogP contribution in [0, 0.1) is 0 Å². The van der Waals surface area contributed by atoms with Gasteiger partial charge in [-0.2, -0.15) is 0 Å². The topological polar surface area (TPSA) is 32.5 Å². The zero-order valence-electron chi connectivity index (χ0n) is 13.6. The molecule has 1 fully saturated rings. The van der Waals surface area contributed by atoms with E-state index in [1.54, 1.807) is 0 Å². The summed E-state index contributed by atoms with van der Waals surface area (Å²) in [5, 5.41) is 0. The molecule has 0 aromatic heterocycles. The molecule has 112 valence electrons. The van der Waals surface area contributed by atoms with Crippen LogP contribution in [0.2, 0.25) is 0 Å². The van der Waals surface area contributed by atoms with Crippen LogP contribution in [0.4, 0.5) is 0 Å². The number of rotatable bonds is 2. The molecule has 2 atom stereocenters. The van der Waals surface area contributed by atoms with E-state index in [9.17, 15) is 0 Å². The molecule has 0 saturated carbocycles. The predicted molar refractivity (Wildman–Crippen MR) is 86.0 cm³/mol. The summed E-state index contributed by atoms with van der Waals surface area (Å²) >= 11 is 0. The van der Waals surface area contributed by atoms with Crippen LogP contribution in [0.5, 0.6) is 0 Å². The molecule has 1 saturated heterocycles. The average Bonchev–Trinajstić information content (AvgIpc) is 2.40. The van der Waals surface area contributed by atoms with E-state index < -0.39 is 0 Å². The number of nitrogens with zero attached hydrogens (tertiary/aromatic N) is 2. The van der Waals surface area contributed by atoms with Crippen LogP contribution in [-0.2, 0) is 5.41 Å². The van der Waals surface area contributed by atoms with E-state index in [0.717, 1.165) is 19.6 Å². The summed E-state index contributed by atoms with van der Waals surface area (Å²) < 4.78 is 0. The molecule has 0 spiro atoms. The van der Waals surface area contributed by atoms with Crippen molar-refractivity contribution < 1.29 is 0 Å². The first-order valence-electron chi connectivity index (χ1n) is 7.54. The smallest absolute Gasteiger partial charge is 0.0465 e. The van der Waals surface area contributed by atoms with Crippen LogP contribution in [0.15, 0.2) is 24.3 Å². The quantitative estimate of drug-likeness (QED) is 0.898. The fourth-order valence-electron chi connectivity index (χ4n) is 2.86. The van der Waals surface area contributed by atoms with Crippen LogP contribution in [-0.4, -0.2) is 49.6 Å². The van der Waals surface area contributed by atoms with Gasteiger partial charge in [0.05, 0.1) is 0 Å². The SMILES string of the molecule is CN1CCN(C)C(C(N)c2ccc(C(C)(C)C)cc2)C1. The zero-order valence-corrected chi connectivity index (χ0v) is 13.6. The predicted octanol–water partition coefficient (Wildman–Crippen LogP) is 2.23. The van der Waals surface area contributed by atoms with Crippen LogP contribution < -0.4 is 5.73 Å². The van der Waals surface area contributed by atoms with Gasteiger partial charge in [-0.25, -0.2) is 0 Å². The summed E-state index contributed by atoms with van der Waals surface area (Å²) in [6, 6.07) is 9.33. The Hall–Kier alpha value is -0.900. The zero-order chi connectivity index (χ0) is 14.9. The summed E-state index contributed by atoms with van der Waals surface area (Å²) in [7, 11) is 4.36. The largest absolute Gasteiger partial charge is 0.323 e. The van der Waals surface area contributed by atoms with E-state index in [1.165, 1.54) is 11.1 Å². The molecule has 1 aromatic rings. The first kappa shape index (κ1) is 15.5. The molecular formula is C17H29N3. The highest BCUT2D eigenvalue weighted by Crippen LogP contribution is 2.26. The van der Waals surface area contributed by atoms with Crippen molar-refractivity contribution in [1.82, 2.24) is 9.80 Å². The highest BCUT2D eigenvalue weighted by atomic mass is 15.3. The lowest BCUT2D eigenvalue weighted by Crippen LogP contribution is -2.54. The fourth-order valence-corrected chi connectivity index (χ4v) is 2.86. The molecule has 3 nitrogen and oxygen atoms in total. The van der Waals surface area contributed by atoms with Crippen molar-refractivity contribution in [2.75, 3.05) is 33.7 Å². The normalized spacial score (nSPS) is 23.8. The molecule has 0 radical (unpaired) electrons. The number of hydrogen-bond donors (Lipinski definition) is 1. The lowest BCUT2D eigenvalue weighted by molar-refractivity contribution is 0.0974. The number of piperazine rings is 1. The van der Waals surface area contributed by atoms with Gasteiger partial charge in [-0.1, -0.05) is 45.0 Å². The lowest BCUT2D eigenvalue weighted by atomic mass is 9.85. The van der Waals surface area contributed by atoms with Crippen molar-refractivity contribution in [3.8, 4) is 0 Å². The van der Waals surface area contributed by atoms with E-state index in [0.29, 0.717) is 6.04 Å². The maximum atomic E-state index is 6.51. The minimum Gasteiger partial charge on any atom is -0.323 e. The van der Waals surface area contributed by atoms with Crippen molar-refractivity contribution in [3.05, 3.63) is 35.4 Å². The van der Waals surface area contributed by atoms with Crippen molar-refractivity contribution in [1.29, 1.82) is 0 Å². The monoisotopic (exact) mass is 275 g/mol. The third kappa shape index (κ3) is 3.40. The van der Waals surface area contributed by atoms with E-state index >= 15 is 0 Å². The van der Waals surface area contributed by atoms with Crippen LogP contribution in [0.3, 0.4) is 0 Å². The Bertz CT molecular complexity index is 433. The number of hydrogen-bond acceptors (Lipinski definition) is 3. The van der Waals surface area contributed by atoms with E-state index in [-0.39, 0.29) is 11.5 Å². The van der Waals surface area contributed by atoms with Gasteiger partial charge < -0.3 is 10.6 Å². The Balaban J connectivity index is 2.14. The average molecular weight is 275 g/mol. The highest BCUT2D eigenvalue weighted by molar-refractivity contribution is 5.30. The molecular weight excluding hydrogens is 246 g/mol. The van der Waals surface area contributed by atoms with Crippen molar-refractivity contribution in [2.45, 2.75) is 38.3 Å². The molecule has 20 heavy (non-hydrogen) atoms. The van der Waals surface area contributed by atoms with Crippen molar-refractivity contribution in [2.24, 2.45) is 5.73 Å². The number of likely N-dealkylation sites (N-methyl/N-ethyl adjacent to an activating group) is 2. The molecule has 1 heterocycles. The first-order chi connectivity index (χ1) is 9.29. The summed E-state index contributed by atoms with van der Waals surface area (Å²) in [6.07, 6.45) is 0. The van der Waals surface area contributed by atoms with Crippen molar-refractivity contribution in [3.63, 3.8) is 0 Å². The summed E-state index contributed by atoms with van der Waals surface area (Å²) in [4.78, 5) is 4.76. The standard InChI is InChI=1S/C17H29N3/c1-17(2,3)14-8-6-13(7-9-14)16(18)15-12-19(4)10-11-20(15)5/h6-9,15-16H,10-12,18H2,1-5H3. The van der Waals surface area contributed by atoms with E-state index in [4.69, 9.17) is 5.73 Å². The maximum Gasteiger partial charge on any atom is 0.0465 e. The highest BCUT2D eigenvalue weighted by Gasteiger charge is 2.28. The molecule has 0 amide bonds. The third-order valence-electron chi connectivity index (χ3n) is 4.48. The molecule has 1 aliphatic heterocycles. The second-order valence-corrected chi connectivity index (χ2v) is 7.21. The van der Waals surface area contributed by atoms with Gasteiger partial charge in [-0.05, 0) is 30.6 Å². The van der Waals surface area contributed by atoms with Gasteiger partial charge in [-0.3, -0.25) is 4.90 Å². The Kier molecular flexibility index (Phi) is 4.52. The van der Waals surface area contributed by atoms with Gasteiger partial charge in [0.2, 0.25) is 0 Å². The number of benzene rings is 1. The Morgan fingerprint density at radius 3 is 2.25 bits per heavy atom. The minimum absolute atomic E-state index is 0.0803. The van der Waals surface area contributed by atoms with Crippen LogP contribution >= 0.6 is 0 Å². The van der Waals surface area contributed by atoms with Crippen LogP contribution in [0.1, 0.15) is 37.9 Å². The van der Waals surface area contributed by atoms with Gasteiger partial charge in [0.1, 0.15) is 0 Å². The first-order valence-corrected chi connectivity index (χ1v) is 7.54. The molecule has 0 aliphatic carbocycles. The van der Waals surface area contributed by atoms with Gasteiger partial charge in [-0.15, -0.1) is 0 Å².